The molecular formula is C19H18N6O2. The van der Waals surface area contributed by atoms with Gasteiger partial charge in [0.15, 0.2) is 5.65 Å². The Labute approximate surface area is 155 Å². The van der Waals surface area contributed by atoms with Crippen molar-refractivity contribution in [3.63, 3.8) is 0 Å². The number of benzene rings is 1. The van der Waals surface area contributed by atoms with E-state index in [0.29, 0.717) is 23.3 Å². The second kappa shape index (κ2) is 7.25. The first kappa shape index (κ1) is 18.1. The molecule has 8 nitrogen and oxygen atoms in total. The number of hydrogen-bond acceptors (Lipinski definition) is 5. The molecule has 0 bridgehead atoms. The van der Waals surface area contributed by atoms with E-state index in [1.54, 1.807) is 28.8 Å². The van der Waals surface area contributed by atoms with Crippen molar-refractivity contribution in [3.05, 3.63) is 58.5 Å². The highest BCUT2D eigenvalue weighted by molar-refractivity contribution is 5.98. The molecule has 2 aromatic heterocycles. The Balaban J connectivity index is 1.77. The molecule has 2 amide bonds. The molecule has 27 heavy (non-hydrogen) atoms. The quantitative estimate of drug-likeness (QED) is 0.716. The molecule has 0 saturated carbocycles. The van der Waals surface area contributed by atoms with Crippen LogP contribution in [0.15, 0.2) is 30.5 Å². The average molecular weight is 362 g/mol. The summed E-state index contributed by atoms with van der Waals surface area (Å²) in [5, 5.41) is 15.9. The molecule has 1 aromatic carbocycles. The van der Waals surface area contributed by atoms with Gasteiger partial charge in [-0.2, -0.15) is 10.4 Å². The number of nitrogens with zero attached hydrogens (tertiary/aromatic N) is 4. The van der Waals surface area contributed by atoms with Gasteiger partial charge in [-0.3, -0.25) is 9.59 Å². The highest BCUT2D eigenvalue weighted by Gasteiger charge is 2.17. The van der Waals surface area contributed by atoms with Crippen LogP contribution < -0.4 is 11.1 Å². The maximum absolute atomic E-state index is 12.3. The van der Waals surface area contributed by atoms with Gasteiger partial charge < -0.3 is 11.1 Å². The van der Waals surface area contributed by atoms with Crippen molar-refractivity contribution in [2.75, 3.05) is 5.32 Å². The van der Waals surface area contributed by atoms with E-state index < -0.39 is 5.91 Å². The van der Waals surface area contributed by atoms with Gasteiger partial charge in [0, 0.05) is 23.5 Å². The molecule has 0 fully saturated rings. The highest BCUT2D eigenvalue weighted by atomic mass is 16.2. The third kappa shape index (κ3) is 3.62. The number of fused-ring (bicyclic) bond motifs is 1. The number of anilines is 1. The van der Waals surface area contributed by atoms with Crippen molar-refractivity contribution in [1.82, 2.24) is 14.6 Å². The lowest BCUT2D eigenvalue weighted by atomic mass is 10.1. The van der Waals surface area contributed by atoms with Gasteiger partial charge in [0.25, 0.3) is 5.91 Å². The number of rotatable bonds is 5. The number of aromatic nitrogens is 3. The normalized spacial score (nSPS) is 10.6. The molecular weight excluding hydrogens is 344 g/mol. The van der Waals surface area contributed by atoms with Gasteiger partial charge >= 0.3 is 0 Å². The number of nitrogens with one attached hydrogen (secondary N) is 1. The lowest BCUT2D eigenvalue weighted by Gasteiger charge is -2.11. The summed E-state index contributed by atoms with van der Waals surface area (Å²) in [6, 6.07) is 8.79. The topological polar surface area (TPSA) is 126 Å². The van der Waals surface area contributed by atoms with Crippen molar-refractivity contribution in [2.45, 2.75) is 26.7 Å². The molecule has 0 unspecified atom stereocenters. The van der Waals surface area contributed by atoms with E-state index in [2.05, 4.69) is 15.4 Å². The number of primary amides is 1. The smallest absolute Gasteiger partial charge is 0.254 e. The zero-order valence-corrected chi connectivity index (χ0v) is 15.0. The van der Waals surface area contributed by atoms with Crippen molar-refractivity contribution in [3.8, 4) is 6.07 Å². The van der Waals surface area contributed by atoms with Crippen LogP contribution in [0.2, 0.25) is 0 Å². The van der Waals surface area contributed by atoms with E-state index >= 15 is 0 Å². The third-order valence-electron chi connectivity index (χ3n) is 4.35. The molecule has 0 atom stereocenters. The highest BCUT2D eigenvalue weighted by Crippen LogP contribution is 2.19. The molecule has 8 heteroatoms. The van der Waals surface area contributed by atoms with E-state index in [0.717, 1.165) is 17.0 Å². The standard InChI is InChI=1S/C19H18N6O2/c1-11-15(12(2)25-19(23-11)16(10-22-25)18(21)27)6-7-17(26)24-14-5-3-4-13(8-14)9-20/h3-5,8,10H,6-7H2,1-2H3,(H2,21,27)(H,24,26). The zero-order chi connectivity index (χ0) is 19.6. The summed E-state index contributed by atoms with van der Waals surface area (Å²) in [6.07, 6.45) is 2.11. The number of nitriles is 1. The molecule has 3 N–H and O–H groups in total. The molecule has 0 aliphatic carbocycles. The summed E-state index contributed by atoms with van der Waals surface area (Å²) >= 11 is 0. The van der Waals surface area contributed by atoms with Crippen LogP contribution in [0.4, 0.5) is 5.69 Å². The molecule has 0 aliphatic rings. The van der Waals surface area contributed by atoms with E-state index in [4.69, 9.17) is 11.0 Å². The first-order valence-electron chi connectivity index (χ1n) is 8.34. The van der Waals surface area contributed by atoms with E-state index in [1.165, 1.54) is 6.20 Å². The second-order valence-corrected chi connectivity index (χ2v) is 6.16. The molecule has 136 valence electrons. The van der Waals surface area contributed by atoms with E-state index in [-0.39, 0.29) is 17.9 Å². The Bertz CT molecular complexity index is 1090. The fraction of sp³-hybridized carbons (Fsp3) is 0.211. The number of carbonyl (C=O) groups excluding carboxylic acids is 2. The molecule has 3 rings (SSSR count). The summed E-state index contributed by atoms with van der Waals surface area (Å²) in [6.45, 7) is 3.69. The van der Waals surface area contributed by atoms with Gasteiger partial charge in [0.1, 0.15) is 5.56 Å². The van der Waals surface area contributed by atoms with Crippen LogP contribution in [0.1, 0.15) is 39.3 Å². The largest absolute Gasteiger partial charge is 0.365 e. The number of aryl methyl sites for hydroxylation is 2. The number of hydrogen-bond donors (Lipinski definition) is 2. The fourth-order valence-corrected chi connectivity index (χ4v) is 2.98. The van der Waals surface area contributed by atoms with Gasteiger partial charge in [0.05, 0.1) is 17.8 Å². The zero-order valence-electron chi connectivity index (χ0n) is 15.0. The van der Waals surface area contributed by atoms with Crippen LogP contribution in [0, 0.1) is 25.2 Å². The maximum Gasteiger partial charge on any atom is 0.254 e. The first-order chi connectivity index (χ1) is 12.9. The lowest BCUT2D eigenvalue weighted by Crippen LogP contribution is -2.15. The van der Waals surface area contributed by atoms with Gasteiger partial charge in [-0.1, -0.05) is 6.07 Å². The molecule has 0 radical (unpaired) electrons. The predicted octanol–water partition coefficient (Wildman–Crippen LogP) is 1.89. The lowest BCUT2D eigenvalue weighted by molar-refractivity contribution is -0.116. The summed E-state index contributed by atoms with van der Waals surface area (Å²) in [7, 11) is 0. The SMILES string of the molecule is Cc1nc2c(C(N)=O)cnn2c(C)c1CCC(=O)Nc1cccc(C#N)c1. The second-order valence-electron chi connectivity index (χ2n) is 6.16. The summed E-state index contributed by atoms with van der Waals surface area (Å²) in [4.78, 5) is 28.2. The van der Waals surface area contributed by atoms with Gasteiger partial charge in [-0.15, -0.1) is 0 Å². The van der Waals surface area contributed by atoms with Crippen LogP contribution in [0.3, 0.4) is 0 Å². The fourth-order valence-electron chi connectivity index (χ4n) is 2.98. The van der Waals surface area contributed by atoms with Crippen LogP contribution in [-0.4, -0.2) is 26.4 Å². The summed E-state index contributed by atoms with van der Waals surface area (Å²) in [5.74, 6) is -0.745. The van der Waals surface area contributed by atoms with Crippen LogP contribution in [-0.2, 0) is 11.2 Å². The van der Waals surface area contributed by atoms with Crippen LogP contribution in [0.5, 0.6) is 0 Å². The van der Waals surface area contributed by atoms with Gasteiger partial charge in [-0.25, -0.2) is 9.50 Å². The van der Waals surface area contributed by atoms with Gasteiger partial charge in [-0.05, 0) is 44.0 Å². The first-order valence-corrected chi connectivity index (χ1v) is 8.34. The Morgan fingerprint density at radius 2 is 2.11 bits per heavy atom. The Morgan fingerprint density at radius 3 is 2.81 bits per heavy atom. The van der Waals surface area contributed by atoms with Crippen molar-refractivity contribution >= 4 is 23.1 Å². The number of nitrogens with two attached hydrogens (primary N) is 1. The van der Waals surface area contributed by atoms with E-state index in [9.17, 15) is 9.59 Å². The molecule has 0 aliphatic heterocycles. The van der Waals surface area contributed by atoms with Gasteiger partial charge in [0.2, 0.25) is 5.91 Å². The minimum Gasteiger partial charge on any atom is -0.365 e. The predicted molar refractivity (Wildman–Crippen MR) is 99.1 cm³/mol. The van der Waals surface area contributed by atoms with Crippen LogP contribution in [0.25, 0.3) is 5.65 Å². The Hall–Kier alpha value is -3.73. The summed E-state index contributed by atoms with van der Waals surface area (Å²) in [5.41, 5.74) is 9.52. The third-order valence-corrected chi connectivity index (χ3v) is 4.35. The number of carbonyl (C=O) groups is 2. The average Bonchev–Trinajstić information content (AvgIpc) is 3.05. The monoisotopic (exact) mass is 362 g/mol. The molecule has 0 spiro atoms. The maximum atomic E-state index is 12.3. The van der Waals surface area contributed by atoms with Crippen molar-refractivity contribution < 1.29 is 9.59 Å². The van der Waals surface area contributed by atoms with Crippen LogP contribution >= 0.6 is 0 Å². The minimum atomic E-state index is -0.581. The Kier molecular flexibility index (Phi) is 4.86. The van der Waals surface area contributed by atoms with Crippen molar-refractivity contribution in [1.29, 1.82) is 5.26 Å². The molecule has 0 saturated heterocycles. The number of amides is 2. The Morgan fingerprint density at radius 1 is 1.33 bits per heavy atom. The molecule has 2 heterocycles. The minimum absolute atomic E-state index is 0.165. The summed E-state index contributed by atoms with van der Waals surface area (Å²) < 4.78 is 1.57. The van der Waals surface area contributed by atoms with Crippen molar-refractivity contribution in [2.24, 2.45) is 5.73 Å². The van der Waals surface area contributed by atoms with E-state index in [1.807, 2.05) is 19.9 Å². The molecule has 3 aromatic rings.